The largest absolute Gasteiger partial charge is 0.496 e. The van der Waals surface area contributed by atoms with Crippen molar-refractivity contribution in [2.75, 3.05) is 13.7 Å². The highest BCUT2D eigenvalue weighted by Crippen LogP contribution is 2.21. The van der Waals surface area contributed by atoms with Crippen LogP contribution in [0.1, 0.15) is 35.2 Å². The minimum Gasteiger partial charge on any atom is -0.496 e. The Kier molecular flexibility index (Phi) is 10.1. The molecule has 0 aliphatic rings. The van der Waals surface area contributed by atoms with Gasteiger partial charge < -0.3 is 25.2 Å². The maximum absolute atomic E-state index is 12.5. The lowest BCUT2D eigenvalue weighted by atomic mass is 10.1. The molecular weight excluding hydrogens is 515 g/mol. The van der Waals surface area contributed by atoms with Crippen LogP contribution in [0.25, 0.3) is 0 Å². The first kappa shape index (κ1) is 24.4. The van der Waals surface area contributed by atoms with E-state index < -0.39 is 24.0 Å². The number of rotatable bonds is 11. The van der Waals surface area contributed by atoms with Gasteiger partial charge in [-0.2, -0.15) is 0 Å². The molecule has 3 N–H and O–H groups in total. The number of methoxy groups -OCH3 is 1. The van der Waals surface area contributed by atoms with Gasteiger partial charge in [-0.25, -0.2) is 9.59 Å². The molecule has 2 amide bonds. The molecule has 0 saturated carbocycles. The summed E-state index contributed by atoms with van der Waals surface area (Å²) in [7, 11) is 1.45. The molecule has 166 valence electrons. The number of benzene rings is 2. The van der Waals surface area contributed by atoms with E-state index in [1.165, 1.54) is 7.11 Å². The summed E-state index contributed by atoms with van der Waals surface area (Å²) < 4.78 is 11.1. The van der Waals surface area contributed by atoms with Gasteiger partial charge >= 0.3 is 12.1 Å². The van der Waals surface area contributed by atoms with Crippen LogP contribution in [0.15, 0.2) is 48.5 Å². The Balaban J connectivity index is 1.73. The fourth-order valence-electron chi connectivity index (χ4n) is 2.79. The third kappa shape index (κ3) is 8.44. The highest BCUT2D eigenvalue weighted by atomic mass is 127. The second kappa shape index (κ2) is 12.8. The zero-order valence-corrected chi connectivity index (χ0v) is 19.3. The van der Waals surface area contributed by atoms with Crippen molar-refractivity contribution in [3.8, 4) is 5.75 Å². The summed E-state index contributed by atoms with van der Waals surface area (Å²) in [5, 5.41) is 14.6. The normalized spacial score (nSPS) is 11.3. The summed E-state index contributed by atoms with van der Waals surface area (Å²) in [6.45, 7) is 0.528. The number of carboxylic acids is 1. The smallest absolute Gasteiger partial charge is 0.407 e. The number of carbonyl (C=O) groups excluding carboxylic acids is 2. The van der Waals surface area contributed by atoms with Crippen LogP contribution in [-0.2, 0) is 16.1 Å². The van der Waals surface area contributed by atoms with Gasteiger partial charge in [-0.05, 0) is 65.6 Å². The summed E-state index contributed by atoms with van der Waals surface area (Å²) in [6, 6.07) is 13.4. The molecule has 0 saturated heterocycles. The van der Waals surface area contributed by atoms with Crippen molar-refractivity contribution >= 4 is 40.6 Å². The summed E-state index contributed by atoms with van der Waals surface area (Å²) in [6.07, 6.45) is 0.748. The predicted octanol–water partition coefficient (Wildman–Crippen LogP) is 3.58. The number of hydrogen-bond donors (Lipinski definition) is 3. The summed E-state index contributed by atoms with van der Waals surface area (Å²) in [5.41, 5.74) is 1.17. The maximum Gasteiger partial charge on any atom is 0.407 e. The zero-order chi connectivity index (χ0) is 22.6. The molecule has 2 aromatic rings. The number of halogens is 1. The van der Waals surface area contributed by atoms with E-state index in [2.05, 4.69) is 33.2 Å². The first-order chi connectivity index (χ1) is 14.9. The van der Waals surface area contributed by atoms with Crippen LogP contribution in [0.4, 0.5) is 4.79 Å². The second-order valence-corrected chi connectivity index (χ2v) is 7.94. The topological polar surface area (TPSA) is 114 Å². The van der Waals surface area contributed by atoms with Gasteiger partial charge in [0.2, 0.25) is 0 Å². The quantitative estimate of drug-likeness (QED) is 0.297. The molecule has 2 rings (SSSR count). The number of ether oxygens (including phenoxy) is 2. The summed E-state index contributed by atoms with van der Waals surface area (Å²) in [4.78, 5) is 35.8. The van der Waals surface area contributed by atoms with E-state index >= 15 is 0 Å². The molecule has 0 unspecified atom stereocenters. The third-order valence-electron chi connectivity index (χ3n) is 4.41. The lowest BCUT2D eigenvalue weighted by molar-refractivity contribution is -0.139. The van der Waals surface area contributed by atoms with Crippen LogP contribution in [0.2, 0.25) is 0 Å². The highest BCUT2D eigenvalue weighted by molar-refractivity contribution is 14.1. The molecular formula is C22H25IN2O6. The van der Waals surface area contributed by atoms with Crippen molar-refractivity contribution in [3.05, 3.63) is 63.2 Å². The first-order valence-corrected chi connectivity index (χ1v) is 10.8. The predicted molar refractivity (Wildman–Crippen MR) is 123 cm³/mol. The number of carbonyl (C=O) groups is 3. The average molecular weight is 540 g/mol. The van der Waals surface area contributed by atoms with Crippen molar-refractivity contribution in [1.82, 2.24) is 10.6 Å². The van der Waals surface area contributed by atoms with E-state index in [9.17, 15) is 19.5 Å². The Morgan fingerprint density at radius 2 is 1.84 bits per heavy atom. The van der Waals surface area contributed by atoms with Crippen molar-refractivity contribution in [3.63, 3.8) is 0 Å². The summed E-state index contributed by atoms with van der Waals surface area (Å²) >= 11 is 2.07. The molecule has 1 atom stereocenters. The Bertz CT molecular complexity index is 891. The number of alkyl carbamates (subject to hydrolysis) is 1. The molecule has 31 heavy (non-hydrogen) atoms. The lowest BCUT2D eigenvalue weighted by Gasteiger charge is -2.16. The van der Waals surface area contributed by atoms with Crippen LogP contribution in [0, 0.1) is 3.57 Å². The summed E-state index contributed by atoms with van der Waals surface area (Å²) in [5.74, 6) is -1.25. The van der Waals surface area contributed by atoms with Crippen molar-refractivity contribution in [1.29, 1.82) is 0 Å². The maximum atomic E-state index is 12.5. The van der Waals surface area contributed by atoms with E-state index in [0.29, 0.717) is 25.1 Å². The highest BCUT2D eigenvalue weighted by Gasteiger charge is 2.22. The molecule has 0 radical (unpaired) electrons. The van der Waals surface area contributed by atoms with E-state index in [-0.39, 0.29) is 18.6 Å². The Hall–Kier alpha value is -2.82. The third-order valence-corrected chi connectivity index (χ3v) is 5.08. The monoisotopic (exact) mass is 540 g/mol. The van der Waals surface area contributed by atoms with Crippen LogP contribution in [-0.4, -0.2) is 42.8 Å². The van der Waals surface area contributed by atoms with Gasteiger partial charge in [-0.3, -0.25) is 4.79 Å². The fraction of sp³-hybridized carbons (Fsp3) is 0.318. The van der Waals surface area contributed by atoms with Crippen molar-refractivity contribution in [2.24, 2.45) is 0 Å². The van der Waals surface area contributed by atoms with Gasteiger partial charge in [-0.15, -0.1) is 0 Å². The molecule has 0 spiro atoms. The van der Waals surface area contributed by atoms with Crippen LogP contribution < -0.4 is 15.4 Å². The molecule has 0 bridgehead atoms. The van der Waals surface area contributed by atoms with Gasteiger partial charge in [0.05, 0.1) is 12.7 Å². The SMILES string of the molecule is COc1ccc(I)cc1C(=O)N[C@@H](CCCCNC(=O)OCc1ccccc1)C(=O)O. The first-order valence-electron chi connectivity index (χ1n) is 9.72. The Labute approximate surface area is 194 Å². The van der Waals surface area contributed by atoms with Gasteiger partial charge in [0.1, 0.15) is 18.4 Å². The molecule has 8 nitrogen and oxygen atoms in total. The van der Waals surface area contributed by atoms with Crippen LogP contribution >= 0.6 is 22.6 Å². The number of carboxylic acid groups (broad SMARTS) is 1. The zero-order valence-electron chi connectivity index (χ0n) is 17.1. The number of hydrogen-bond acceptors (Lipinski definition) is 5. The van der Waals surface area contributed by atoms with Gasteiger partial charge in [-0.1, -0.05) is 30.3 Å². The van der Waals surface area contributed by atoms with Crippen LogP contribution in [0.3, 0.4) is 0 Å². The lowest BCUT2D eigenvalue weighted by Crippen LogP contribution is -2.41. The standard InChI is InChI=1S/C22H25IN2O6/c1-30-19-11-10-16(23)13-17(19)20(26)25-18(21(27)28)9-5-6-12-24-22(29)31-14-15-7-3-2-4-8-15/h2-4,7-8,10-11,13,18H,5-6,9,12,14H2,1H3,(H,24,29)(H,25,26)(H,27,28)/t18-/m0/s1. The molecule has 0 aliphatic heterocycles. The Morgan fingerprint density at radius 1 is 1.10 bits per heavy atom. The minimum atomic E-state index is -1.12. The molecule has 0 fully saturated rings. The second-order valence-electron chi connectivity index (χ2n) is 6.69. The van der Waals surface area contributed by atoms with Crippen LogP contribution in [0.5, 0.6) is 5.75 Å². The average Bonchev–Trinajstić information content (AvgIpc) is 2.77. The number of unbranched alkanes of at least 4 members (excludes halogenated alkanes) is 1. The molecule has 2 aromatic carbocycles. The molecule has 0 aliphatic carbocycles. The number of aliphatic carboxylic acids is 1. The number of amides is 2. The minimum absolute atomic E-state index is 0.182. The van der Waals surface area contributed by atoms with Gasteiger partial charge in [0.25, 0.3) is 5.91 Å². The number of nitrogens with one attached hydrogen (secondary N) is 2. The Morgan fingerprint density at radius 3 is 2.52 bits per heavy atom. The van der Waals surface area contributed by atoms with Gasteiger partial charge in [0.15, 0.2) is 0 Å². The van der Waals surface area contributed by atoms with Crippen molar-refractivity contribution in [2.45, 2.75) is 31.9 Å². The molecule has 0 heterocycles. The van der Waals surface area contributed by atoms with E-state index in [1.807, 2.05) is 30.3 Å². The van der Waals surface area contributed by atoms with Gasteiger partial charge in [0, 0.05) is 10.1 Å². The van der Waals surface area contributed by atoms with E-state index in [4.69, 9.17) is 9.47 Å². The van der Waals surface area contributed by atoms with E-state index in [0.717, 1.165) is 9.13 Å². The molecule has 9 heteroatoms. The van der Waals surface area contributed by atoms with Crippen molar-refractivity contribution < 1.29 is 29.0 Å². The fourth-order valence-corrected chi connectivity index (χ4v) is 3.28. The van der Waals surface area contributed by atoms with E-state index in [1.54, 1.807) is 18.2 Å². The molecule has 0 aromatic heterocycles.